The summed E-state index contributed by atoms with van der Waals surface area (Å²) in [5.41, 5.74) is 2.68. The molecule has 18 heavy (non-hydrogen) atoms. The fourth-order valence-corrected chi connectivity index (χ4v) is 1.93. The van der Waals surface area contributed by atoms with E-state index in [1.165, 1.54) is 22.6 Å². The number of benzene rings is 1. The second-order valence-corrected chi connectivity index (χ2v) is 5.42. The Kier molecular flexibility index (Phi) is 4.06. The molecule has 0 radical (unpaired) electrons. The average molecular weight is 353 g/mol. The van der Waals surface area contributed by atoms with Gasteiger partial charge in [-0.3, -0.25) is 0 Å². The second-order valence-electron chi connectivity index (χ2n) is 4.36. The fraction of sp³-hybridized carbons (Fsp3) is 0.214. The maximum absolute atomic E-state index is 11.3. The molecule has 0 saturated carbocycles. The Morgan fingerprint density at radius 2 is 1.89 bits per heavy atom. The van der Waals surface area contributed by atoms with Crippen LogP contribution >= 0.6 is 0 Å². The first-order valence-corrected chi connectivity index (χ1v) is 6.88. The van der Waals surface area contributed by atoms with E-state index in [0.717, 1.165) is 11.1 Å². The molecule has 0 saturated heterocycles. The molecule has 1 heterocycles. The molecule has 0 unspecified atom stereocenters. The van der Waals surface area contributed by atoms with Crippen molar-refractivity contribution in [3.8, 4) is 11.4 Å². The lowest BCUT2D eigenvalue weighted by Gasteiger charge is -2.05. The van der Waals surface area contributed by atoms with E-state index in [1.54, 1.807) is 6.07 Å². The zero-order valence-corrected chi connectivity index (χ0v) is 12.6. The second kappa shape index (κ2) is 5.56. The molecule has 2 rings (SSSR count). The van der Waals surface area contributed by atoms with E-state index in [9.17, 15) is 4.79 Å². The normalized spacial score (nSPS) is 10.7. The van der Waals surface area contributed by atoms with E-state index in [4.69, 9.17) is 0 Å². The molecule has 0 aliphatic rings. The molecule has 0 amide bonds. The molecule has 0 spiro atoms. The number of aromatic nitrogens is 2. The quantitative estimate of drug-likeness (QED) is 0.562. The lowest BCUT2D eigenvalue weighted by atomic mass is 10.1. The van der Waals surface area contributed by atoms with E-state index in [1.807, 2.05) is 30.6 Å². The Balaban J connectivity index is 2.36. The van der Waals surface area contributed by atoms with Crippen molar-refractivity contribution < 1.29 is 27.4 Å². The van der Waals surface area contributed by atoms with Gasteiger partial charge in [0.2, 0.25) is 0 Å². The van der Waals surface area contributed by atoms with Crippen molar-refractivity contribution in [1.29, 1.82) is 0 Å². The third-order valence-corrected chi connectivity index (χ3v) is 3.37. The lowest BCUT2D eigenvalue weighted by molar-refractivity contribution is -0.255. The first kappa shape index (κ1) is 13.1. The molecule has 0 bridgehead atoms. The molecule has 3 nitrogen and oxygen atoms in total. The molecule has 1 aromatic heterocycles. The summed E-state index contributed by atoms with van der Waals surface area (Å²) in [6, 6.07) is 7.40. The molecule has 2 aromatic rings. The van der Waals surface area contributed by atoms with E-state index in [-0.39, 0.29) is 3.79 Å². The highest BCUT2D eigenvalue weighted by Gasteiger charge is 2.11. The number of hydrogen-bond donors (Lipinski definition) is 0. The summed E-state index contributed by atoms with van der Waals surface area (Å²) in [6.07, 6.45) is 3.68. The maximum Gasteiger partial charge on any atom is 0.391 e. The minimum Gasteiger partial charge on any atom is -0.236 e. The summed E-state index contributed by atoms with van der Waals surface area (Å²) in [5, 5.41) is 0. The summed E-state index contributed by atoms with van der Waals surface area (Å²) >= 11 is 1.48. The van der Waals surface area contributed by atoms with Gasteiger partial charge in [-0.05, 0) is 23.6 Å². The number of halogens is 1. The number of carbonyl (C=O) groups excluding carboxylic acids is 1. The highest BCUT2D eigenvalue weighted by atomic mass is 127. The third-order valence-electron chi connectivity index (χ3n) is 2.69. The predicted octanol–water partition coefficient (Wildman–Crippen LogP) is -0.307. The van der Waals surface area contributed by atoms with Crippen molar-refractivity contribution in [2.45, 2.75) is 19.8 Å². The minimum absolute atomic E-state index is 0.0615. The SMILES string of the molecule is CC(C)c1cnc(-c2cccc(C(=O)[IH+])c2)nc1. The monoisotopic (exact) mass is 353 g/mol. The number of carbonyl (C=O) groups is 1. The van der Waals surface area contributed by atoms with Gasteiger partial charge in [0.15, 0.2) is 5.82 Å². The Labute approximate surface area is 120 Å². The molecule has 0 aliphatic carbocycles. The summed E-state index contributed by atoms with van der Waals surface area (Å²) < 4.78 is 0.0615. The van der Waals surface area contributed by atoms with Crippen molar-refractivity contribution in [2.24, 2.45) is 0 Å². The standard InChI is InChI=1S/C14H14IN2O/c1-9(2)12-7-16-14(17-8-12)11-5-3-4-10(6-11)13(15)18/h3-9,15H,1-2H3/q+1. The molecular weight excluding hydrogens is 339 g/mol. The van der Waals surface area contributed by atoms with Gasteiger partial charge >= 0.3 is 26.4 Å². The first-order chi connectivity index (χ1) is 8.58. The molecule has 92 valence electrons. The summed E-state index contributed by atoms with van der Waals surface area (Å²) in [5.74, 6) is 1.08. The average Bonchev–Trinajstić information content (AvgIpc) is 2.39. The third kappa shape index (κ3) is 2.93. The number of rotatable bonds is 3. The van der Waals surface area contributed by atoms with Gasteiger partial charge in [-0.2, -0.15) is 0 Å². The van der Waals surface area contributed by atoms with E-state index in [0.29, 0.717) is 17.3 Å². The van der Waals surface area contributed by atoms with Crippen LogP contribution in [0.5, 0.6) is 0 Å². The topological polar surface area (TPSA) is 42.9 Å². The maximum atomic E-state index is 11.3. The van der Waals surface area contributed by atoms with Gasteiger partial charge in [-0.15, -0.1) is 0 Å². The number of nitrogens with zero attached hydrogens (tertiary/aromatic N) is 2. The van der Waals surface area contributed by atoms with Crippen LogP contribution in [0.2, 0.25) is 0 Å². The van der Waals surface area contributed by atoms with E-state index < -0.39 is 0 Å². The van der Waals surface area contributed by atoms with Crippen molar-refractivity contribution >= 4 is 3.79 Å². The predicted molar refractivity (Wildman–Crippen MR) is 67.3 cm³/mol. The molecular formula is C14H14IN2O+. The van der Waals surface area contributed by atoms with Crippen LogP contribution in [0.4, 0.5) is 0 Å². The van der Waals surface area contributed by atoms with Crippen LogP contribution in [0, 0.1) is 0 Å². The highest BCUT2D eigenvalue weighted by Crippen LogP contribution is 2.18. The van der Waals surface area contributed by atoms with Crippen molar-refractivity contribution in [1.82, 2.24) is 9.97 Å². The van der Waals surface area contributed by atoms with Crippen LogP contribution in [-0.4, -0.2) is 13.8 Å². The van der Waals surface area contributed by atoms with Gasteiger partial charge in [0.1, 0.15) is 0 Å². The molecule has 4 heteroatoms. The van der Waals surface area contributed by atoms with Gasteiger partial charge in [0.25, 0.3) is 0 Å². The highest BCUT2D eigenvalue weighted by molar-refractivity contribution is 5.87. The first-order valence-electron chi connectivity index (χ1n) is 5.71. The summed E-state index contributed by atoms with van der Waals surface area (Å²) in [7, 11) is 0. The smallest absolute Gasteiger partial charge is 0.236 e. The van der Waals surface area contributed by atoms with Gasteiger partial charge in [-0.25, -0.2) is 14.8 Å². The summed E-state index contributed by atoms with van der Waals surface area (Å²) in [4.78, 5) is 20.0. The molecule has 0 aliphatic heterocycles. The summed E-state index contributed by atoms with van der Waals surface area (Å²) in [6.45, 7) is 4.21. The Bertz CT molecular complexity index is 564. The van der Waals surface area contributed by atoms with Crippen LogP contribution < -0.4 is 22.6 Å². The minimum atomic E-state index is 0.0615. The number of hydrogen-bond acceptors (Lipinski definition) is 3. The largest absolute Gasteiger partial charge is 0.391 e. The molecule has 1 aromatic carbocycles. The Morgan fingerprint density at radius 3 is 2.44 bits per heavy atom. The van der Waals surface area contributed by atoms with Gasteiger partial charge in [-0.1, -0.05) is 26.0 Å². The van der Waals surface area contributed by atoms with Crippen LogP contribution in [-0.2, 0) is 0 Å². The van der Waals surface area contributed by atoms with Crippen LogP contribution in [0.25, 0.3) is 11.4 Å². The zero-order valence-electron chi connectivity index (χ0n) is 10.3. The van der Waals surface area contributed by atoms with Crippen molar-refractivity contribution in [3.63, 3.8) is 0 Å². The molecule has 0 fully saturated rings. The van der Waals surface area contributed by atoms with Crippen molar-refractivity contribution in [3.05, 3.63) is 47.8 Å². The lowest BCUT2D eigenvalue weighted by Crippen LogP contribution is -3.38. The van der Waals surface area contributed by atoms with E-state index >= 15 is 0 Å². The van der Waals surface area contributed by atoms with Gasteiger partial charge < -0.3 is 0 Å². The molecule has 0 atom stereocenters. The Morgan fingerprint density at radius 1 is 1.22 bits per heavy atom. The van der Waals surface area contributed by atoms with Gasteiger partial charge in [0.05, 0.1) is 5.56 Å². The fourth-order valence-electron chi connectivity index (χ4n) is 1.57. The molecule has 0 N–H and O–H groups in total. The van der Waals surface area contributed by atoms with Gasteiger partial charge in [0, 0.05) is 18.0 Å². The van der Waals surface area contributed by atoms with E-state index in [2.05, 4.69) is 23.8 Å². The van der Waals surface area contributed by atoms with Crippen LogP contribution in [0.3, 0.4) is 0 Å². The Hall–Kier alpha value is -1.30. The van der Waals surface area contributed by atoms with Crippen LogP contribution in [0.15, 0.2) is 36.7 Å². The zero-order chi connectivity index (χ0) is 13.1. The van der Waals surface area contributed by atoms with Crippen molar-refractivity contribution in [2.75, 3.05) is 0 Å². The van der Waals surface area contributed by atoms with Crippen LogP contribution in [0.1, 0.15) is 35.7 Å².